The SMILES string of the molecule is NC(=O)COCCN=C=S. The Hall–Kier alpha value is -0.770. The molecule has 0 aliphatic carbocycles. The summed E-state index contributed by atoms with van der Waals surface area (Å²) >= 11 is 4.29. The van der Waals surface area contributed by atoms with Crippen LogP contribution in [0.1, 0.15) is 0 Å². The van der Waals surface area contributed by atoms with Crippen LogP contribution in [-0.4, -0.2) is 30.8 Å². The van der Waals surface area contributed by atoms with Crippen molar-refractivity contribution < 1.29 is 9.53 Å². The maximum Gasteiger partial charge on any atom is 0.243 e. The number of hydrogen-bond acceptors (Lipinski definition) is 4. The Bertz CT molecular complexity index is 150. The van der Waals surface area contributed by atoms with Crippen molar-refractivity contribution in [3.63, 3.8) is 0 Å². The maximum atomic E-state index is 10.1. The van der Waals surface area contributed by atoms with Gasteiger partial charge in [0, 0.05) is 0 Å². The number of aliphatic imine (C=N–C) groups is 1. The second-order valence-electron chi connectivity index (χ2n) is 1.49. The zero-order valence-electron chi connectivity index (χ0n) is 5.37. The molecule has 0 radical (unpaired) electrons. The van der Waals surface area contributed by atoms with Crippen molar-refractivity contribution in [2.45, 2.75) is 0 Å². The molecule has 10 heavy (non-hydrogen) atoms. The highest BCUT2D eigenvalue weighted by Crippen LogP contribution is 1.73. The van der Waals surface area contributed by atoms with Crippen LogP contribution in [0.25, 0.3) is 0 Å². The standard InChI is InChI=1S/C5H8N2O2S/c6-5(8)3-9-2-1-7-4-10/h1-3H2,(H2,6,8). The van der Waals surface area contributed by atoms with Crippen molar-refractivity contribution in [3.8, 4) is 0 Å². The van der Waals surface area contributed by atoms with Crippen LogP contribution in [0.15, 0.2) is 4.99 Å². The molecule has 0 bridgehead atoms. The van der Waals surface area contributed by atoms with Crippen LogP contribution in [0.5, 0.6) is 0 Å². The summed E-state index contributed by atoms with van der Waals surface area (Å²) < 4.78 is 4.74. The average molecular weight is 160 g/mol. The lowest BCUT2D eigenvalue weighted by atomic mass is 10.6. The van der Waals surface area contributed by atoms with Crippen molar-refractivity contribution >= 4 is 23.3 Å². The highest BCUT2D eigenvalue weighted by molar-refractivity contribution is 7.78. The maximum absolute atomic E-state index is 10.1. The summed E-state index contributed by atoms with van der Waals surface area (Å²) in [4.78, 5) is 13.6. The Kier molecular flexibility index (Phi) is 5.86. The third-order valence-electron chi connectivity index (χ3n) is 0.656. The van der Waals surface area contributed by atoms with Gasteiger partial charge in [0.15, 0.2) is 0 Å². The van der Waals surface area contributed by atoms with E-state index in [-0.39, 0.29) is 6.61 Å². The Morgan fingerprint density at radius 1 is 1.80 bits per heavy atom. The van der Waals surface area contributed by atoms with Crippen LogP contribution < -0.4 is 5.73 Å². The molecule has 0 aliphatic rings. The van der Waals surface area contributed by atoms with E-state index in [0.717, 1.165) is 0 Å². The molecule has 0 heterocycles. The number of thiocarbonyl (C=S) groups is 1. The van der Waals surface area contributed by atoms with Gasteiger partial charge in [-0.05, 0) is 12.2 Å². The Balaban J connectivity index is 3.05. The molecule has 0 spiro atoms. The first kappa shape index (κ1) is 9.23. The number of isothiocyanates is 1. The predicted molar refractivity (Wildman–Crippen MR) is 39.9 cm³/mol. The number of primary amides is 1. The third kappa shape index (κ3) is 7.23. The van der Waals surface area contributed by atoms with Crippen LogP contribution in [0.3, 0.4) is 0 Å². The molecule has 0 aromatic rings. The van der Waals surface area contributed by atoms with E-state index >= 15 is 0 Å². The van der Waals surface area contributed by atoms with E-state index in [2.05, 4.69) is 22.4 Å². The molecule has 0 saturated carbocycles. The highest BCUT2D eigenvalue weighted by atomic mass is 32.1. The molecule has 5 heteroatoms. The van der Waals surface area contributed by atoms with Crippen LogP contribution in [0.4, 0.5) is 0 Å². The van der Waals surface area contributed by atoms with Gasteiger partial charge in [-0.2, -0.15) is 0 Å². The van der Waals surface area contributed by atoms with Gasteiger partial charge < -0.3 is 10.5 Å². The molecule has 0 fully saturated rings. The fourth-order valence-electron chi connectivity index (χ4n) is 0.329. The van der Waals surface area contributed by atoms with Crippen molar-refractivity contribution in [1.29, 1.82) is 0 Å². The topological polar surface area (TPSA) is 64.7 Å². The summed E-state index contributed by atoms with van der Waals surface area (Å²) in [6, 6.07) is 0. The normalized spacial score (nSPS) is 8.40. The van der Waals surface area contributed by atoms with E-state index < -0.39 is 5.91 Å². The smallest absolute Gasteiger partial charge is 0.243 e. The zero-order valence-corrected chi connectivity index (χ0v) is 6.19. The molecule has 4 nitrogen and oxygen atoms in total. The Morgan fingerprint density at radius 2 is 2.50 bits per heavy atom. The van der Waals surface area contributed by atoms with Crippen molar-refractivity contribution in [1.82, 2.24) is 0 Å². The molecule has 0 unspecified atom stereocenters. The van der Waals surface area contributed by atoms with E-state index in [9.17, 15) is 4.79 Å². The highest BCUT2D eigenvalue weighted by Gasteiger charge is 1.90. The minimum Gasteiger partial charge on any atom is -0.370 e. The fourth-order valence-corrected chi connectivity index (χ4v) is 0.420. The lowest BCUT2D eigenvalue weighted by Gasteiger charge is -1.95. The largest absolute Gasteiger partial charge is 0.370 e. The fraction of sp³-hybridized carbons (Fsp3) is 0.600. The first-order valence-corrected chi connectivity index (χ1v) is 3.08. The first-order chi connectivity index (χ1) is 4.77. The van der Waals surface area contributed by atoms with Gasteiger partial charge in [0.2, 0.25) is 5.91 Å². The number of nitrogens with two attached hydrogens (primary N) is 1. The molecule has 0 atom stereocenters. The van der Waals surface area contributed by atoms with Crippen LogP contribution in [0, 0.1) is 0 Å². The second kappa shape index (κ2) is 6.35. The molecular formula is C5H8N2O2S. The number of rotatable bonds is 5. The second-order valence-corrected chi connectivity index (χ2v) is 1.67. The molecule has 0 aromatic heterocycles. The molecule has 0 rings (SSSR count). The van der Waals surface area contributed by atoms with Crippen LogP contribution in [0.2, 0.25) is 0 Å². The minimum atomic E-state index is -0.480. The predicted octanol–water partition coefficient (Wildman–Crippen LogP) is -0.409. The molecule has 0 saturated heterocycles. The van der Waals surface area contributed by atoms with Gasteiger partial charge in [-0.1, -0.05) is 0 Å². The van der Waals surface area contributed by atoms with Gasteiger partial charge in [0.25, 0.3) is 0 Å². The lowest BCUT2D eigenvalue weighted by molar-refractivity contribution is -0.122. The van der Waals surface area contributed by atoms with Crippen molar-refractivity contribution in [3.05, 3.63) is 0 Å². The van der Waals surface area contributed by atoms with E-state index in [0.29, 0.717) is 13.2 Å². The molecule has 56 valence electrons. The first-order valence-electron chi connectivity index (χ1n) is 2.67. The number of amides is 1. The van der Waals surface area contributed by atoms with Crippen LogP contribution >= 0.6 is 12.2 Å². The van der Waals surface area contributed by atoms with Crippen molar-refractivity contribution in [2.75, 3.05) is 19.8 Å². The van der Waals surface area contributed by atoms with Gasteiger partial charge >= 0.3 is 0 Å². The minimum absolute atomic E-state index is 0.0626. The zero-order chi connectivity index (χ0) is 7.82. The molecule has 1 amide bonds. The average Bonchev–Trinajstić information content (AvgIpc) is 1.87. The molecule has 0 aromatic carbocycles. The van der Waals surface area contributed by atoms with E-state index in [4.69, 9.17) is 10.5 Å². The van der Waals surface area contributed by atoms with E-state index in [1.165, 1.54) is 0 Å². The quantitative estimate of drug-likeness (QED) is 0.338. The molecule has 0 aliphatic heterocycles. The summed E-state index contributed by atoms with van der Waals surface area (Å²) in [5.41, 5.74) is 4.78. The summed E-state index contributed by atoms with van der Waals surface area (Å²) in [5.74, 6) is -0.480. The molecule has 2 N–H and O–H groups in total. The van der Waals surface area contributed by atoms with Gasteiger partial charge in [-0.15, -0.1) is 0 Å². The van der Waals surface area contributed by atoms with Crippen molar-refractivity contribution in [2.24, 2.45) is 10.7 Å². The number of carbonyl (C=O) groups is 1. The number of nitrogens with zero attached hydrogens (tertiary/aromatic N) is 1. The summed E-state index contributed by atoms with van der Waals surface area (Å²) in [6.45, 7) is 0.719. The van der Waals surface area contributed by atoms with Gasteiger partial charge in [-0.25, -0.2) is 4.99 Å². The monoisotopic (exact) mass is 160 g/mol. The van der Waals surface area contributed by atoms with E-state index in [1.54, 1.807) is 0 Å². The van der Waals surface area contributed by atoms with Gasteiger partial charge in [0.1, 0.15) is 6.61 Å². The van der Waals surface area contributed by atoms with Crippen LogP contribution in [-0.2, 0) is 9.53 Å². The summed E-state index contributed by atoms with van der Waals surface area (Å²) in [5, 5.41) is 2.17. The third-order valence-corrected chi connectivity index (χ3v) is 0.785. The number of hydrogen-bond donors (Lipinski definition) is 1. The summed E-state index contributed by atoms with van der Waals surface area (Å²) in [6.07, 6.45) is 0. The lowest BCUT2D eigenvalue weighted by Crippen LogP contribution is -2.18. The Labute approximate surface area is 64.1 Å². The molecular weight excluding hydrogens is 152 g/mol. The van der Waals surface area contributed by atoms with Gasteiger partial charge in [-0.3, -0.25) is 4.79 Å². The number of ether oxygens (including phenoxy) is 1. The Morgan fingerprint density at radius 3 is 3.00 bits per heavy atom. The van der Waals surface area contributed by atoms with E-state index in [1.807, 2.05) is 0 Å². The summed E-state index contributed by atoms with van der Waals surface area (Å²) in [7, 11) is 0. The number of carbonyl (C=O) groups excluding carboxylic acids is 1. The van der Waals surface area contributed by atoms with Gasteiger partial charge in [0.05, 0.1) is 18.3 Å².